The van der Waals surface area contributed by atoms with E-state index in [-0.39, 0.29) is 23.6 Å². The molecule has 0 saturated carbocycles. The van der Waals surface area contributed by atoms with Crippen LogP contribution < -0.4 is 10.4 Å². The molecule has 4 heterocycles. The second-order valence-electron chi connectivity index (χ2n) is 8.70. The van der Waals surface area contributed by atoms with Crippen LogP contribution in [0.25, 0.3) is 10.9 Å². The summed E-state index contributed by atoms with van der Waals surface area (Å²) in [4.78, 5) is 24.8. The van der Waals surface area contributed by atoms with E-state index in [1.807, 2.05) is 0 Å². The third-order valence-corrected chi connectivity index (χ3v) is 6.74. The Morgan fingerprint density at radius 2 is 1.91 bits per heavy atom. The molecule has 2 N–H and O–H groups in total. The number of piperidine rings is 1. The average Bonchev–Trinajstić information content (AvgIpc) is 3.15. The molecule has 1 spiro atoms. The van der Waals surface area contributed by atoms with Crippen molar-refractivity contribution >= 4 is 35.2 Å². The lowest BCUT2D eigenvalue weighted by Crippen LogP contribution is -2.57. The summed E-state index contributed by atoms with van der Waals surface area (Å²) in [6.45, 7) is 4.97. The number of carbonyl (C=O) groups excluding carboxylic acids is 1. The van der Waals surface area contributed by atoms with Crippen LogP contribution in [0, 0.1) is 0 Å². The first kappa shape index (κ1) is 23.4. The van der Waals surface area contributed by atoms with Gasteiger partial charge < -0.3 is 14.2 Å². The summed E-state index contributed by atoms with van der Waals surface area (Å²) in [7, 11) is 2.14. The van der Waals surface area contributed by atoms with E-state index >= 15 is 0 Å². The van der Waals surface area contributed by atoms with Crippen LogP contribution in [0.15, 0.2) is 42.7 Å². The average molecular weight is 473 g/mol. The minimum atomic E-state index is -0.617. The van der Waals surface area contributed by atoms with Crippen molar-refractivity contribution in [1.82, 2.24) is 24.9 Å². The van der Waals surface area contributed by atoms with E-state index in [2.05, 4.69) is 61.7 Å². The largest absolute Gasteiger partial charge is 0.371 e. The molecule has 5 rings (SSSR count). The van der Waals surface area contributed by atoms with Crippen LogP contribution in [0.4, 0.5) is 5.95 Å². The predicted molar refractivity (Wildman–Crippen MR) is 127 cm³/mol. The van der Waals surface area contributed by atoms with Gasteiger partial charge in [-0.15, -0.1) is 12.4 Å². The van der Waals surface area contributed by atoms with Gasteiger partial charge in [-0.3, -0.25) is 14.9 Å². The Labute approximate surface area is 198 Å². The maximum atomic E-state index is 11.5. The highest BCUT2D eigenvalue weighted by atomic mass is 35.5. The van der Waals surface area contributed by atoms with Crippen molar-refractivity contribution in [2.24, 2.45) is 7.05 Å². The molecule has 3 aromatic rings. The zero-order valence-electron chi connectivity index (χ0n) is 18.6. The Morgan fingerprint density at radius 1 is 1.18 bits per heavy atom. The van der Waals surface area contributed by atoms with Gasteiger partial charge in [-0.2, -0.15) is 0 Å². The topological polar surface area (TPSA) is 95.8 Å². The van der Waals surface area contributed by atoms with E-state index in [1.54, 1.807) is 5.48 Å². The molecule has 2 aromatic heterocycles. The molecule has 0 atom stereocenters. The van der Waals surface area contributed by atoms with Crippen molar-refractivity contribution in [2.45, 2.75) is 25.0 Å². The fourth-order valence-electron chi connectivity index (χ4n) is 4.83. The number of carbonyl (C=O) groups is 1. The third-order valence-electron chi connectivity index (χ3n) is 6.74. The first-order chi connectivity index (χ1) is 15.6. The highest BCUT2D eigenvalue weighted by Gasteiger charge is 2.40. The quantitative estimate of drug-likeness (QED) is 0.444. The summed E-state index contributed by atoms with van der Waals surface area (Å²) in [5.74, 6) is -0.0337. The Balaban J connectivity index is 0.00000259. The molecule has 0 unspecified atom stereocenters. The predicted octanol–water partition coefficient (Wildman–Crippen LogP) is 2.38. The Morgan fingerprint density at radius 3 is 2.61 bits per heavy atom. The fourth-order valence-corrected chi connectivity index (χ4v) is 4.83. The number of aromatic nitrogens is 3. The van der Waals surface area contributed by atoms with Gasteiger partial charge in [0, 0.05) is 56.8 Å². The van der Waals surface area contributed by atoms with Crippen molar-refractivity contribution < 1.29 is 14.7 Å². The van der Waals surface area contributed by atoms with E-state index in [4.69, 9.17) is 9.94 Å². The van der Waals surface area contributed by atoms with Crippen LogP contribution in [0.5, 0.6) is 0 Å². The van der Waals surface area contributed by atoms with Crippen LogP contribution in [-0.4, -0.2) is 68.9 Å². The minimum Gasteiger partial charge on any atom is -0.371 e. The Hall–Kier alpha value is -2.72. The van der Waals surface area contributed by atoms with Crippen LogP contribution >= 0.6 is 12.4 Å². The highest BCUT2D eigenvalue weighted by molar-refractivity contribution is 5.92. The van der Waals surface area contributed by atoms with E-state index in [1.165, 1.54) is 29.0 Å². The zero-order valence-corrected chi connectivity index (χ0v) is 19.4. The smallest absolute Gasteiger partial charge is 0.277 e. The number of anilines is 1. The summed E-state index contributed by atoms with van der Waals surface area (Å²) in [5, 5.41) is 10.0. The number of nitrogens with one attached hydrogen (secondary N) is 1. The maximum Gasteiger partial charge on any atom is 0.277 e. The van der Waals surface area contributed by atoms with Gasteiger partial charge in [-0.05, 0) is 30.4 Å². The number of para-hydroxylation sites is 1. The number of hydrogen-bond acceptors (Lipinski definition) is 7. The number of halogens is 1. The van der Waals surface area contributed by atoms with Gasteiger partial charge in [-0.25, -0.2) is 15.4 Å². The molecular weight excluding hydrogens is 444 g/mol. The van der Waals surface area contributed by atoms with Gasteiger partial charge >= 0.3 is 0 Å². The number of hydroxylamine groups is 1. The molecule has 2 aliphatic heterocycles. The zero-order chi connectivity index (χ0) is 22.1. The maximum absolute atomic E-state index is 11.5. The molecule has 0 aliphatic carbocycles. The van der Waals surface area contributed by atoms with Crippen LogP contribution in [-0.2, 0) is 18.3 Å². The van der Waals surface area contributed by atoms with Crippen LogP contribution in [0.2, 0.25) is 0 Å². The summed E-state index contributed by atoms with van der Waals surface area (Å²) >= 11 is 0. The normalized spacial score (nSPS) is 18.3. The molecule has 2 aliphatic rings. The standard InChI is InChI=1S/C23H28N6O3.ClH/c1-27-19(12-17-4-2-3-5-20(17)27)15-28-8-6-23(7-9-28)16-29(10-11-32-23)22-24-13-18(14-25-22)21(30)26-31;/h2-5,12-14,31H,6-11,15-16H2,1H3,(H,26,30);1H. The lowest BCUT2D eigenvalue weighted by molar-refractivity contribution is -0.0925. The summed E-state index contributed by atoms with van der Waals surface area (Å²) in [5.41, 5.74) is 4.22. The van der Waals surface area contributed by atoms with E-state index < -0.39 is 5.91 Å². The number of amides is 1. The number of aryl methyl sites for hydroxylation is 1. The minimum absolute atomic E-state index is 0. The molecule has 0 radical (unpaired) electrons. The number of ether oxygens (including phenoxy) is 1. The molecule has 176 valence electrons. The first-order valence-corrected chi connectivity index (χ1v) is 11.0. The second-order valence-corrected chi connectivity index (χ2v) is 8.70. The lowest BCUT2D eigenvalue weighted by Gasteiger charge is -2.47. The summed E-state index contributed by atoms with van der Waals surface area (Å²) in [6.07, 6.45) is 4.78. The third kappa shape index (κ3) is 4.67. The van der Waals surface area contributed by atoms with Crippen molar-refractivity contribution in [3.8, 4) is 0 Å². The number of benzene rings is 1. The molecule has 9 nitrogen and oxygen atoms in total. The molecule has 2 saturated heterocycles. The van der Waals surface area contributed by atoms with Crippen molar-refractivity contribution in [3.63, 3.8) is 0 Å². The molecule has 1 aromatic carbocycles. The number of morpholine rings is 1. The van der Waals surface area contributed by atoms with Gasteiger partial charge in [0.2, 0.25) is 5.95 Å². The number of likely N-dealkylation sites (tertiary alicyclic amines) is 1. The fraction of sp³-hybridized carbons (Fsp3) is 0.435. The van der Waals surface area contributed by atoms with Crippen LogP contribution in [0.1, 0.15) is 28.9 Å². The van der Waals surface area contributed by atoms with Gasteiger partial charge in [0.25, 0.3) is 5.91 Å². The Bertz CT molecular complexity index is 1110. The molecule has 33 heavy (non-hydrogen) atoms. The van der Waals surface area contributed by atoms with E-state index in [0.717, 1.165) is 39.0 Å². The molecule has 2 fully saturated rings. The van der Waals surface area contributed by atoms with E-state index in [0.29, 0.717) is 19.1 Å². The van der Waals surface area contributed by atoms with Gasteiger partial charge in [0.1, 0.15) is 0 Å². The Kier molecular flexibility index (Phi) is 6.85. The van der Waals surface area contributed by atoms with E-state index in [9.17, 15) is 4.79 Å². The summed E-state index contributed by atoms with van der Waals surface area (Å²) < 4.78 is 8.57. The van der Waals surface area contributed by atoms with Gasteiger partial charge in [0.05, 0.1) is 24.3 Å². The number of hydrogen-bond donors (Lipinski definition) is 2. The number of fused-ring (bicyclic) bond motifs is 1. The second kappa shape index (κ2) is 9.64. The summed E-state index contributed by atoms with van der Waals surface area (Å²) in [6, 6.07) is 10.8. The van der Waals surface area contributed by atoms with Gasteiger partial charge in [0.15, 0.2) is 0 Å². The molecule has 0 bridgehead atoms. The molecule has 10 heteroatoms. The highest BCUT2D eigenvalue weighted by Crippen LogP contribution is 2.32. The molecular formula is C23H29ClN6O3. The van der Waals surface area contributed by atoms with Crippen molar-refractivity contribution in [1.29, 1.82) is 0 Å². The van der Waals surface area contributed by atoms with Crippen molar-refractivity contribution in [3.05, 3.63) is 54.0 Å². The lowest BCUT2D eigenvalue weighted by atomic mass is 9.89. The number of rotatable bonds is 4. The number of nitrogens with zero attached hydrogens (tertiary/aromatic N) is 5. The molecule has 1 amide bonds. The van der Waals surface area contributed by atoms with Crippen molar-refractivity contribution in [2.75, 3.05) is 37.7 Å². The first-order valence-electron chi connectivity index (χ1n) is 11.0. The monoisotopic (exact) mass is 472 g/mol. The van der Waals surface area contributed by atoms with Crippen LogP contribution in [0.3, 0.4) is 0 Å². The SMILES string of the molecule is Cl.Cn1c(CN2CCC3(CC2)CN(c2ncc(C(=O)NO)cn2)CCO3)cc2ccccc21. The van der Waals surface area contributed by atoms with Gasteiger partial charge in [-0.1, -0.05) is 18.2 Å².